The van der Waals surface area contributed by atoms with Gasteiger partial charge in [0.05, 0.1) is 22.0 Å². The van der Waals surface area contributed by atoms with E-state index in [1.54, 1.807) is 31.9 Å². The zero-order chi connectivity index (χ0) is 61.0. The molecule has 5 atom stereocenters. The summed E-state index contributed by atoms with van der Waals surface area (Å²) in [5.41, 5.74) is 2.09. The zero-order valence-corrected chi connectivity index (χ0v) is 46.7. The van der Waals surface area contributed by atoms with Crippen LogP contribution >= 0.6 is 0 Å². The number of hydrogen-bond acceptors (Lipinski definition) is 17. The molecule has 0 saturated carbocycles. The second kappa shape index (κ2) is 34.5. The van der Waals surface area contributed by atoms with E-state index < -0.39 is 65.0 Å². The van der Waals surface area contributed by atoms with Crippen molar-refractivity contribution < 1.29 is 83.6 Å². The number of aliphatic hydroxyl groups excluding tert-OH is 2. The van der Waals surface area contributed by atoms with Gasteiger partial charge in [-0.3, -0.25) is 10.1 Å². The van der Waals surface area contributed by atoms with Gasteiger partial charge in [0.1, 0.15) is 43.0 Å². The Bertz CT molecular complexity index is 2960. The van der Waals surface area contributed by atoms with Crippen LogP contribution in [-0.2, 0) is 40.0 Å². The van der Waals surface area contributed by atoms with Gasteiger partial charge in [-0.25, -0.2) is 28.8 Å². The Kier molecular flexibility index (Phi) is 27.8. The molecule has 5 unspecified atom stereocenters. The summed E-state index contributed by atoms with van der Waals surface area (Å²) in [5, 5.41) is 82.5. The topological polar surface area (TPSA) is 345 Å². The molecule has 446 valence electrons. The van der Waals surface area contributed by atoms with Crippen molar-refractivity contribution in [2.45, 2.75) is 76.7 Å². The maximum absolute atomic E-state index is 14.9. The van der Waals surface area contributed by atoms with Crippen LogP contribution in [0.4, 0.5) is 5.69 Å². The zero-order valence-electron chi connectivity index (χ0n) is 46.7. The number of nitro benzene ring substituents is 1. The number of carboxylic acids is 5. The second-order valence-electron chi connectivity index (χ2n) is 19.6. The van der Waals surface area contributed by atoms with Gasteiger partial charge in [-0.2, -0.15) is 0 Å². The number of carboxylic acid groups (broad SMARTS) is 5. The third-order valence-corrected chi connectivity index (χ3v) is 13.4. The van der Waals surface area contributed by atoms with E-state index in [2.05, 4.69) is 34.7 Å². The van der Waals surface area contributed by atoms with Gasteiger partial charge in [-0.05, 0) is 93.9 Å². The molecule has 0 aliphatic carbocycles. The molecule has 5 aromatic rings. The van der Waals surface area contributed by atoms with Gasteiger partial charge >= 0.3 is 35.8 Å². The van der Waals surface area contributed by atoms with Gasteiger partial charge in [0.25, 0.3) is 5.69 Å². The van der Waals surface area contributed by atoms with Crippen LogP contribution in [0.15, 0.2) is 150 Å². The summed E-state index contributed by atoms with van der Waals surface area (Å²) < 4.78 is 18.3. The number of allylic oxidation sites excluding steroid dienone is 2. The van der Waals surface area contributed by atoms with Crippen molar-refractivity contribution in [2.75, 3.05) is 60.0 Å². The van der Waals surface area contributed by atoms with E-state index >= 15 is 0 Å². The summed E-state index contributed by atoms with van der Waals surface area (Å²) in [5.74, 6) is -9.02. The van der Waals surface area contributed by atoms with E-state index in [1.807, 2.05) is 91.0 Å². The van der Waals surface area contributed by atoms with Crippen molar-refractivity contribution in [2.24, 2.45) is 5.92 Å². The lowest BCUT2D eigenvalue weighted by Crippen LogP contribution is -2.40. The Hall–Kier alpha value is -8.74. The molecule has 23 heteroatoms. The van der Waals surface area contributed by atoms with Gasteiger partial charge in [-0.1, -0.05) is 110 Å². The fourth-order valence-electron chi connectivity index (χ4n) is 9.08. The van der Waals surface area contributed by atoms with Crippen LogP contribution in [0.25, 0.3) is 10.8 Å². The summed E-state index contributed by atoms with van der Waals surface area (Å²) in [4.78, 5) is 79.6. The predicted octanol–water partition coefficient (Wildman–Crippen LogP) is 6.39. The number of aliphatic carboxylic acids is 5. The number of fused-ring (bicyclic) bond motifs is 1. The molecule has 0 spiro atoms. The van der Waals surface area contributed by atoms with Crippen LogP contribution in [0.2, 0.25) is 0 Å². The molecule has 1 aliphatic heterocycles. The number of rotatable bonds is 29. The van der Waals surface area contributed by atoms with Crippen LogP contribution in [0, 0.1) is 16.0 Å². The molecule has 23 nitrogen and oxygen atoms in total. The van der Waals surface area contributed by atoms with Gasteiger partial charge in [0.15, 0.2) is 0 Å². The quantitative estimate of drug-likeness (QED) is 0.00823. The molecular formula is C60H73N5O18. The van der Waals surface area contributed by atoms with Crippen LogP contribution in [0.1, 0.15) is 63.0 Å². The Labute approximate surface area is 480 Å². The minimum Gasteiger partial charge on any atom is -0.491 e. The Morgan fingerprint density at radius 1 is 0.675 bits per heavy atom. The first-order chi connectivity index (χ1) is 39.6. The third-order valence-electron chi connectivity index (χ3n) is 13.4. The summed E-state index contributed by atoms with van der Waals surface area (Å²) in [6, 6.07) is 39.0. The van der Waals surface area contributed by atoms with E-state index in [-0.39, 0.29) is 54.6 Å². The number of nitrogens with one attached hydrogen (secondary N) is 2. The summed E-state index contributed by atoms with van der Waals surface area (Å²) in [6.45, 7) is 6.43. The van der Waals surface area contributed by atoms with E-state index in [4.69, 9.17) is 53.8 Å². The molecule has 0 aromatic heterocycles. The molecule has 5 aromatic carbocycles. The second-order valence-corrected chi connectivity index (χ2v) is 19.6. The molecule has 83 heavy (non-hydrogen) atoms. The van der Waals surface area contributed by atoms with Crippen molar-refractivity contribution in [3.05, 3.63) is 171 Å². The van der Waals surface area contributed by atoms with Crippen LogP contribution in [0.5, 0.6) is 11.5 Å². The average molecular weight is 1150 g/mol. The van der Waals surface area contributed by atoms with Crippen molar-refractivity contribution in [3.63, 3.8) is 0 Å². The lowest BCUT2D eigenvalue weighted by Gasteiger charge is -2.36. The fourth-order valence-corrected chi connectivity index (χ4v) is 9.08. The van der Waals surface area contributed by atoms with E-state index in [9.17, 15) is 35.0 Å². The molecule has 0 radical (unpaired) electrons. The first-order valence-electron chi connectivity index (χ1n) is 26.6. The van der Waals surface area contributed by atoms with Gasteiger partial charge < -0.3 is 70.4 Å². The van der Waals surface area contributed by atoms with Crippen molar-refractivity contribution in [3.8, 4) is 11.5 Å². The first-order valence-corrected chi connectivity index (χ1v) is 26.6. The number of carbonyl (C=O) groups excluding carboxylic acids is 1. The summed E-state index contributed by atoms with van der Waals surface area (Å²) in [6.07, 6.45) is 1.41. The number of nitrogens with zero attached hydrogens (tertiary/aromatic N) is 3. The van der Waals surface area contributed by atoms with Crippen LogP contribution in [-0.4, -0.2) is 165 Å². The van der Waals surface area contributed by atoms with Crippen molar-refractivity contribution in [1.82, 2.24) is 20.4 Å². The summed E-state index contributed by atoms with van der Waals surface area (Å²) in [7, 11) is 3.77. The molecular weight excluding hydrogens is 1080 g/mol. The van der Waals surface area contributed by atoms with E-state index in [0.29, 0.717) is 42.4 Å². The molecule has 6 rings (SSSR count). The number of aliphatic hydroxyl groups is 2. The minimum absolute atomic E-state index is 0.0138. The Balaban J connectivity index is 0.00000111. The number of hydrogen-bond donors (Lipinski definition) is 9. The maximum atomic E-state index is 14.9. The molecule has 1 heterocycles. The maximum Gasteiger partial charge on any atom is 0.414 e. The number of esters is 1. The van der Waals surface area contributed by atoms with Crippen LogP contribution in [0.3, 0.4) is 0 Å². The van der Waals surface area contributed by atoms with Gasteiger partial charge in [0.2, 0.25) is 0 Å². The Morgan fingerprint density at radius 2 is 1.24 bits per heavy atom. The fraction of sp³-hybridized carbons (Fsp3) is 0.367. The van der Waals surface area contributed by atoms with Crippen molar-refractivity contribution >= 4 is 52.3 Å². The first kappa shape index (κ1) is 66.8. The lowest BCUT2D eigenvalue weighted by atomic mass is 9.79. The SMILES string of the molecule is CC1=C(C(=O)O)C(c2cccc([N+](=O)[O-])c2)C(C(=O)OC(CNCC(O)COc2cccc3ccccc23)CC(CCCCNCC(O)COc2ccccc2)CCN(C)Cc2ccccc2)=C(C)N1C.O=C(O)C(=O)O.O=C(O)C(=O)O. The smallest absolute Gasteiger partial charge is 0.414 e. The molecule has 0 saturated heterocycles. The number of carbonyl (C=O) groups is 6. The van der Waals surface area contributed by atoms with E-state index in [1.165, 1.54) is 23.8 Å². The normalized spacial score (nSPS) is 14.4. The molecule has 0 amide bonds. The number of benzene rings is 5. The number of unbranched alkanes of at least 4 members (excludes halogenated alkanes) is 1. The molecule has 9 N–H and O–H groups in total. The largest absolute Gasteiger partial charge is 0.491 e. The number of nitro groups is 1. The van der Waals surface area contributed by atoms with E-state index in [0.717, 1.165) is 49.5 Å². The molecule has 0 fully saturated rings. The third kappa shape index (κ3) is 22.6. The standard InChI is InChI=1S/C56H69N5O10.2C2H2O4/c1-39-52(55(64)65)54(44-22-15-23-45(32-44)61(67)68)53(40(2)60(39)4)56(66)71-49(35-58-34-47(63)38-70-51-27-16-21-43-20-11-12-26-50(43)51)31-41(28-30-59(3)36-42-18-7-5-8-19-42)17-13-14-29-57-33-46(62)37-69-48-24-9-6-10-25-48;2*3-1(4)2(5)6/h5-12,15-16,18-27,32,41,46-47,49,54,57-58,62-63H,13-14,17,28-31,33-38H2,1-4H3,(H,64,65);2*(H,3,4)(H,5,6). The number of para-hydroxylation sites is 1. The highest BCUT2D eigenvalue weighted by molar-refractivity contribution is 6.27. The van der Waals surface area contributed by atoms with Gasteiger partial charge in [0, 0.05) is 62.1 Å². The van der Waals surface area contributed by atoms with Crippen LogP contribution < -0.4 is 20.1 Å². The summed E-state index contributed by atoms with van der Waals surface area (Å²) >= 11 is 0. The number of ether oxygens (including phenoxy) is 3. The lowest BCUT2D eigenvalue weighted by molar-refractivity contribution is -0.384. The Morgan fingerprint density at radius 3 is 1.87 bits per heavy atom. The predicted molar refractivity (Wildman–Crippen MR) is 306 cm³/mol. The molecule has 0 bridgehead atoms. The average Bonchev–Trinajstić information content (AvgIpc) is 3.66. The molecule has 1 aliphatic rings. The highest BCUT2D eigenvalue weighted by Gasteiger charge is 2.40. The highest BCUT2D eigenvalue weighted by Crippen LogP contribution is 2.43. The monoisotopic (exact) mass is 1150 g/mol. The number of non-ortho nitro benzene ring substituents is 1. The van der Waals surface area contributed by atoms with Crippen molar-refractivity contribution in [1.29, 1.82) is 0 Å². The minimum atomic E-state index is -1.82. The highest BCUT2D eigenvalue weighted by atomic mass is 16.6. The van der Waals surface area contributed by atoms with Gasteiger partial charge in [-0.15, -0.1) is 0 Å².